The number of thiol groups is 1. The molecule has 0 aromatic rings. The molecular formula is C10H14O3S. The van der Waals surface area contributed by atoms with Gasteiger partial charge in [-0.15, -0.1) is 11.2 Å². The summed E-state index contributed by atoms with van der Waals surface area (Å²) in [6.45, 7) is 0.255. The van der Waals surface area contributed by atoms with Crippen molar-refractivity contribution in [1.82, 2.24) is 0 Å². The molecule has 3 nitrogen and oxygen atoms in total. The third-order valence-electron chi connectivity index (χ3n) is 2.61. The molecule has 1 fully saturated rings. The fraction of sp³-hybridized carbons (Fsp3) is 0.500. The molecule has 14 heavy (non-hydrogen) atoms. The second-order valence-electron chi connectivity index (χ2n) is 3.58. The highest BCUT2D eigenvalue weighted by Crippen LogP contribution is 2.37. The smallest absolute Gasteiger partial charge is 0.309 e. The van der Waals surface area contributed by atoms with Gasteiger partial charge in [-0.25, -0.2) is 0 Å². The molecule has 78 valence electrons. The van der Waals surface area contributed by atoms with Crippen molar-refractivity contribution in [3.05, 3.63) is 22.5 Å². The molecule has 1 aliphatic carbocycles. The molecule has 1 heterocycles. The van der Waals surface area contributed by atoms with E-state index in [1.807, 2.05) is 6.08 Å². The van der Waals surface area contributed by atoms with Gasteiger partial charge in [-0.2, -0.15) is 0 Å². The zero-order valence-corrected chi connectivity index (χ0v) is 8.74. The minimum atomic E-state index is -1.16. The Morgan fingerprint density at radius 1 is 1.64 bits per heavy atom. The Balaban J connectivity index is 1.74. The quantitative estimate of drug-likeness (QED) is 0.559. The first-order chi connectivity index (χ1) is 6.77. The van der Waals surface area contributed by atoms with Crippen molar-refractivity contribution in [3.8, 4) is 0 Å². The standard InChI is InChI=1S/C10H14O3S/c11-10(8-3-1-4-8)13-7-9-5-2-6-14(9)12/h2,5-6,8,12,14H,1,3-4,7H2. The topological polar surface area (TPSA) is 46.5 Å². The van der Waals surface area contributed by atoms with Crippen LogP contribution in [-0.4, -0.2) is 17.1 Å². The summed E-state index contributed by atoms with van der Waals surface area (Å²) < 4.78 is 14.5. The van der Waals surface area contributed by atoms with Crippen LogP contribution in [-0.2, 0) is 9.53 Å². The second kappa shape index (κ2) is 4.19. The van der Waals surface area contributed by atoms with Crippen molar-refractivity contribution in [1.29, 1.82) is 0 Å². The highest BCUT2D eigenvalue weighted by Gasteiger charge is 2.27. The molecule has 4 heteroatoms. The summed E-state index contributed by atoms with van der Waals surface area (Å²) in [6, 6.07) is 0. The molecule has 0 saturated heterocycles. The Morgan fingerprint density at radius 3 is 2.93 bits per heavy atom. The zero-order chi connectivity index (χ0) is 9.97. The molecule has 0 aromatic carbocycles. The third-order valence-corrected chi connectivity index (χ3v) is 3.93. The lowest BCUT2D eigenvalue weighted by atomic mass is 9.86. The average Bonchev–Trinajstić information content (AvgIpc) is 2.44. The minimum Gasteiger partial charge on any atom is -0.460 e. The molecule has 0 bridgehead atoms. The van der Waals surface area contributed by atoms with E-state index in [2.05, 4.69) is 0 Å². The van der Waals surface area contributed by atoms with Gasteiger partial charge in [0.2, 0.25) is 0 Å². The van der Waals surface area contributed by atoms with E-state index in [0.717, 1.165) is 24.2 Å². The first kappa shape index (κ1) is 9.80. The molecule has 2 rings (SSSR count). The molecule has 0 spiro atoms. The fourth-order valence-electron chi connectivity index (χ4n) is 1.43. The van der Waals surface area contributed by atoms with E-state index in [9.17, 15) is 9.35 Å². The lowest BCUT2D eigenvalue weighted by Gasteiger charge is -2.23. The van der Waals surface area contributed by atoms with Gasteiger partial charge in [0.1, 0.15) is 6.61 Å². The van der Waals surface area contributed by atoms with Crippen LogP contribution < -0.4 is 0 Å². The van der Waals surface area contributed by atoms with Crippen molar-refractivity contribution in [2.75, 3.05) is 6.61 Å². The van der Waals surface area contributed by atoms with Crippen LogP contribution in [0.1, 0.15) is 19.3 Å². The van der Waals surface area contributed by atoms with Gasteiger partial charge < -0.3 is 9.29 Å². The monoisotopic (exact) mass is 214 g/mol. The molecule has 0 aromatic heterocycles. The van der Waals surface area contributed by atoms with E-state index in [0.29, 0.717) is 0 Å². The highest BCUT2D eigenvalue weighted by molar-refractivity contribution is 8.18. The van der Waals surface area contributed by atoms with Gasteiger partial charge in [0, 0.05) is 4.91 Å². The van der Waals surface area contributed by atoms with Crippen molar-refractivity contribution in [2.24, 2.45) is 5.92 Å². The SMILES string of the molecule is O=C(OCC1=CC=C[SH]1O)C1CCC1. The first-order valence-corrected chi connectivity index (χ1v) is 6.16. The molecule has 0 radical (unpaired) electrons. The number of rotatable bonds is 3. The maximum atomic E-state index is 11.3. The highest BCUT2D eigenvalue weighted by atomic mass is 32.2. The number of esters is 1. The zero-order valence-electron chi connectivity index (χ0n) is 7.85. The van der Waals surface area contributed by atoms with E-state index >= 15 is 0 Å². The Bertz CT molecular complexity index is 292. The molecule has 2 aliphatic rings. The Kier molecular flexibility index (Phi) is 2.93. The number of carbonyl (C=O) groups is 1. The van der Waals surface area contributed by atoms with Gasteiger partial charge >= 0.3 is 5.97 Å². The molecule has 1 unspecified atom stereocenters. The van der Waals surface area contributed by atoms with Crippen LogP contribution in [0.25, 0.3) is 0 Å². The van der Waals surface area contributed by atoms with Crippen molar-refractivity contribution in [3.63, 3.8) is 0 Å². The van der Waals surface area contributed by atoms with Crippen LogP contribution >= 0.6 is 11.2 Å². The maximum absolute atomic E-state index is 11.3. The summed E-state index contributed by atoms with van der Waals surface area (Å²) in [5.74, 6) is 0.0160. The molecule has 1 aliphatic heterocycles. The van der Waals surface area contributed by atoms with Crippen LogP contribution in [0.5, 0.6) is 0 Å². The van der Waals surface area contributed by atoms with Crippen LogP contribution in [0.15, 0.2) is 22.5 Å². The lowest BCUT2D eigenvalue weighted by Crippen LogP contribution is -2.24. The Hall–Kier alpha value is -0.740. The molecule has 1 saturated carbocycles. The summed E-state index contributed by atoms with van der Waals surface area (Å²) in [4.78, 5) is 12.2. The Morgan fingerprint density at radius 2 is 2.43 bits per heavy atom. The summed E-state index contributed by atoms with van der Waals surface area (Å²) in [6.07, 6.45) is 6.68. The third kappa shape index (κ3) is 2.01. The molecule has 1 N–H and O–H groups in total. The summed E-state index contributed by atoms with van der Waals surface area (Å²) >= 11 is -1.16. The maximum Gasteiger partial charge on any atom is 0.309 e. The molecule has 0 amide bonds. The van der Waals surface area contributed by atoms with Crippen LogP contribution in [0, 0.1) is 5.92 Å². The largest absolute Gasteiger partial charge is 0.460 e. The fourth-order valence-corrected chi connectivity index (χ4v) is 2.31. The summed E-state index contributed by atoms with van der Waals surface area (Å²) in [5.41, 5.74) is 0. The van der Waals surface area contributed by atoms with Crippen LogP contribution in [0.2, 0.25) is 0 Å². The van der Waals surface area contributed by atoms with E-state index in [1.165, 1.54) is 0 Å². The van der Waals surface area contributed by atoms with Gasteiger partial charge in [-0.05, 0) is 24.3 Å². The average molecular weight is 214 g/mol. The van der Waals surface area contributed by atoms with Crippen LogP contribution in [0.4, 0.5) is 0 Å². The van der Waals surface area contributed by atoms with E-state index < -0.39 is 11.2 Å². The van der Waals surface area contributed by atoms with E-state index in [-0.39, 0.29) is 18.5 Å². The van der Waals surface area contributed by atoms with Gasteiger partial charge in [0.15, 0.2) is 0 Å². The number of hydrogen-bond acceptors (Lipinski definition) is 3. The van der Waals surface area contributed by atoms with Crippen LogP contribution in [0.3, 0.4) is 0 Å². The Labute approximate surface area is 86.0 Å². The van der Waals surface area contributed by atoms with Crippen molar-refractivity contribution >= 4 is 17.1 Å². The predicted molar refractivity (Wildman–Crippen MR) is 57.1 cm³/mol. The predicted octanol–water partition coefficient (Wildman–Crippen LogP) is 2.22. The number of carbonyl (C=O) groups excluding carboxylic acids is 1. The van der Waals surface area contributed by atoms with E-state index in [4.69, 9.17) is 4.74 Å². The van der Waals surface area contributed by atoms with Crippen molar-refractivity contribution < 1.29 is 14.1 Å². The van der Waals surface area contributed by atoms with Gasteiger partial charge in [-0.1, -0.05) is 12.5 Å². The number of ether oxygens (including phenoxy) is 1. The lowest BCUT2D eigenvalue weighted by molar-refractivity contribution is -0.150. The number of allylic oxidation sites excluding steroid dienone is 2. The van der Waals surface area contributed by atoms with Gasteiger partial charge in [0.25, 0.3) is 0 Å². The van der Waals surface area contributed by atoms with Gasteiger partial charge in [-0.3, -0.25) is 4.79 Å². The first-order valence-electron chi connectivity index (χ1n) is 4.79. The second-order valence-corrected chi connectivity index (χ2v) is 5.14. The van der Waals surface area contributed by atoms with E-state index in [1.54, 1.807) is 11.5 Å². The summed E-state index contributed by atoms with van der Waals surface area (Å²) in [7, 11) is 0. The van der Waals surface area contributed by atoms with Crippen molar-refractivity contribution in [2.45, 2.75) is 19.3 Å². The molecule has 1 atom stereocenters. The minimum absolute atomic E-state index is 0.104. The number of hydrogen-bond donors (Lipinski definition) is 2. The molecular weight excluding hydrogens is 200 g/mol. The normalized spacial score (nSPS) is 28.4. The van der Waals surface area contributed by atoms with Gasteiger partial charge in [0.05, 0.1) is 5.92 Å². The summed E-state index contributed by atoms with van der Waals surface area (Å²) in [5, 5.41) is 1.74.